The Morgan fingerprint density at radius 1 is 1.31 bits per heavy atom. The molecule has 0 aromatic carbocycles. The van der Waals surface area contributed by atoms with Crippen molar-refractivity contribution < 1.29 is 18.0 Å². The van der Waals surface area contributed by atoms with Crippen LogP contribution in [0.5, 0.6) is 0 Å². The van der Waals surface area contributed by atoms with E-state index >= 15 is 0 Å². The largest absolute Gasteiger partial charge is 0.397 e. The van der Waals surface area contributed by atoms with Gasteiger partial charge >= 0.3 is 6.18 Å². The van der Waals surface area contributed by atoms with Crippen LogP contribution in [0.15, 0.2) is 0 Å². The molecular weight excluding hydrogens is 183 g/mol. The molecule has 0 spiro atoms. The molecule has 0 aliphatic heterocycles. The van der Waals surface area contributed by atoms with Crippen LogP contribution in [-0.2, 0) is 4.79 Å². The summed E-state index contributed by atoms with van der Waals surface area (Å²) in [6, 6.07) is 0. The van der Waals surface area contributed by atoms with Gasteiger partial charge in [-0.25, -0.2) is 0 Å². The Labute approximate surface area is 75.5 Å². The summed E-state index contributed by atoms with van der Waals surface area (Å²) >= 11 is 0. The van der Waals surface area contributed by atoms with Gasteiger partial charge in [0.15, 0.2) is 0 Å². The van der Waals surface area contributed by atoms with Crippen molar-refractivity contribution in [2.24, 2.45) is 0 Å². The summed E-state index contributed by atoms with van der Waals surface area (Å²) in [5.41, 5.74) is 0. The summed E-state index contributed by atoms with van der Waals surface area (Å²) in [6.45, 7) is 2.32. The Balaban J connectivity index is 3.41. The second kappa shape index (κ2) is 5.83. The number of amides is 1. The Kier molecular flexibility index (Phi) is 5.50. The van der Waals surface area contributed by atoms with Crippen LogP contribution in [-0.4, -0.2) is 18.6 Å². The van der Waals surface area contributed by atoms with E-state index in [0.717, 1.165) is 19.3 Å². The third-order valence-corrected chi connectivity index (χ3v) is 1.46. The van der Waals surface area contributed by atoms with Crippen LogP contribution in [0.3, 0.4) is 0 Å². The van der Waals surface area contributed by atoms with Gasteiger partial charge in [0.2, 0.25) is 5.91 Å². The summed E-state index contributed by atoms with van der Waals surface area (Å²) < 4.78 is 34.9. The minimum Gasteiger partial charge on any atom is -0.356 e. The number of unbranched alkanes of at least 4 members (excludes halogenated alkanes) is 2. The molecule has 0 saturated heterocycles. The van der Waals surface area contributed by atoms with Crippen LogP contribution in [0, 0.1) is 0 Å². The predicted octanol–water partition coefficient (Wildman–Crippen LogP) is 2.25. The lowest BCUT2D eigenvalue weighted by Crippen LogP contribution is -2.29. The molecule has 0 fully saturated rings. The SMILES string of the molecule is CCCCCNC(=O)CC(F)(F)F. The molecule has 0 bridgehead atoms. The second-order valence-electron chi connectivity index (χ2n) is 2.85. The quantitative estimate of drug-likeness (QED) is 0.673. The molecule has 0 aliphatic carbocycles. The minimum absolute atomic E-state index is 0.336. The molecular formula is C8H14F3NO. The molecule has 13 heavy (non-hydrogen) atoms. The number of carbonyl (C=O) groups is 1. The van der Waals surface area contributed by atoms with E-state index in [1.54, 1.807) is 0 Å². The normalized spacial score (nSPS) is 11.4. The first-order valence-electron chi connectivity index (χ1n) is 4.29. The van der Waals surface area contributed by atoms with Gasteiger partial charge in [-0.3, -0.25) is 4.79 Å². The number of nitrogens with one attached hydrogen (secondary N) is 1. The van der Waals surface area contributed by atoms with E-state index in [0.29, 0.717) is 6.54 Å². The van der Waals surface area contributed by atoms with Gasteiger partial charge in [0, 0.05) is 6.54 Å². The summed E-state index contributed by atoms with van der Waals surface area (Å²) in [4.78, 5) is 10.6. The van der Waals surface area contributed by atoms with E-state index in [1.807, 2.05) is 6.92 Å². The van der Waals surface area contributed by atoms with Crippen LogP contribution in [0.1, 0.15) is 32.6 Å². The maximum absolute atomic E-state index is 11.6. The number of hydrogen-bond donors (Lipinski definition) is 1. The van der Waals surface area contributed by atoms with Gasteiger partial charge in [0.05, 0.1) is 0 Å². The van der Waals surface area contributed by atoms with E-state index in [4.69, 9.17) is 0 Å². The third kappa shape index (κ3) is 9.17. The third-order valence-electron chi connectivity index (χ3n) is 1.46. The molecule has 0 aromatic heterocycles. The zero-order valence-electron chi connectivity index (χ0n) is 7.58. The molecule has 0 aliphatic rings. The molecule has 0 atom stereocenters. The molecule has 0 heterocycles. The molecule has 1 N–H and O–H groups in total. The summed E-state index contributed by atoms with van der Waals surface area (Å²) in [6.07, 6.45) is -3.13. The molecule has 2 nitrogen and oxygen atoms in total. The molecule has 0 rings (SSSR count). The number of hydrogen-bond acceptors (Lipinski definition) is 1. The smallest absolute Gasteiger partial charge is 0.356 e. The van der Waals surface area contributed by atoms with Crippen molar-refractivity contribution in [2.75, 3.05) is 6.54 Å². The van der Waals surface area contributed by atoms with Gasteiger partial charge < -0.3 is 5.32 Å². The van der Waals surface area contributed by atoms with E-state index in [-0.39, 0.29) is 0 Å². The van der Waals surface area contributed by atoms with Crippen molar-refractivity contribution in [1.82, 2.24) is 5.32 Å². The second-order valence-corrected chi connectivity index (χ2v) is 2.85. The molecule has 5 heteroatoms. The van der Waals surface area contributed by atoms with Crippen molar-refractivity contribution in [2.45, 2.75) is 38.8 Å². The van der Waals surface area contributed by atoms with Crippen molar-refractivity contribution in [1.29, 1.82) is 0 Å². The van der Waals surface area contributed by atoms with Crippen molar-refractivity contribution in [3.8, 4) is 0 Å². The van der Waals surface area contributed by atoms with E-state index in [1.165, 1.54) is 0 Å². The average Bonchev–Trinajstić information content (AvgIpc) is 1.94. The first-order chi connectivity index (χ1) is 5.95. The first kappa shape index (κ1) is 12.3. The highest BCUT2D eigenvalue weighted by molar-refractivity contribution is 5.76. The highest BCUT2D eigenvalue weighted by Gasteiger charge is 2.30. The lowest BCUT2D eigenvalue weighted by atomic mass is 10.2. The van der Waals surface area contributed by atoms with Crippen LogP contribution >= 0.6 is 0 Å². The van der Waals surface area contributed by atoms with E-state index in [9.17, 15) is 18.0 Å². The molecule has 0 radical (unpaired) electrons. The van der Waals surface area contributed by atoms with Gasteiger partial charge in [-0.15, -0.1) is 0 Å². The fraction of sp³-hybridized carbons (Fsp3) is 0.875. The average molecular weight is 197 g/mol. The lowest BCUT2D eigenvalue weighted by molar-refractivity contribution is -0.153. The Hall–Kier alpha value is -0.740. The summed E-state index contributed by atoms with van der Waals surface area (Å²) in [7, 11) is 0. The van der Waals surface area contributed by atoms with E-state index in [2.05, 4.69) is 5.32 Å². The van der Waals surface area contributed by atoms with Crippen LogP contribution < -0.4 is 5.32 Å². The summed E-state index contributed by atoms with van der Waals surface area (Å²) in [5.74, 6) is -0.941. The molecule has 0 unspecified atom stereocenters. The monoisotopic (exact) mass is 197 g/mol. The fourth-order valence-electron chi connectivity index (χ4n) is 0.847. The van der Waals surface area contributed by atoms with Gasteiger partial charge in [0.25, 0.3) is 0 Å². The molecule has 1 amide bonds. The van der Waals surface area contributed by atoms with Crippen LogP contribution in [0.2, 0.25) is 0 Å². The Bertz CT molecular complexity index is 156. The number of carbonyl (C=O) groups excluding carboxylic acids is 1. The van der Waals surface area contributed by atoms with Gasteiger partial charge in [-0.05, 0) is 6.42 Å². The highest BCUT2D eigenvalue weighted by Crippen LogP contribution is 2.18. The summed E-state index contributed by atoms with van der Waals surface area (Å²) in [5, 5.41) is 2.22. The topological polar surface area (TPSA) is 29.1 Å². The first-order valence-corrected chi connectivity index (χ1v) is 4.29. The highest BCUT2D eigenvalue weighted by atomic mass is 19.4. The van der Waals surface area contributed by atoms with Crippen LogP contribution in [0.4, 0.5) is 13.2 Å². The number of alkyl halides is 3. The number of halogens is 3. The van der Waals surface area contributed by atoms with Crippen molar-refractivity contribution in [3.63, 3.8) is 0 Å². The maximum atomic E-state index is 11.6. The molecule has 0 saturated carbocycles. The zero-order chi connectivity index (χ0) is 10.3. The molecule has 0 aromatic rings. The van der Waals surface area contributed by atoms with Gasteiger partial charge in [-0.2, -0.15) is 13.2 Å². The standard InChI is InChI=1S/C8H14F3NO/c1-2-3-4-5-12-7(13)6-8(9,10)11/h2-6H2,1H3,(H,12,13). The van der Waals surface area contributed by atoms with E-state index < -0.39 is 18.5 Å². The van der Waals surface area contributed by atoms with Crippen molar-refractivity contribution in [3.05, 3.63) is 0 Å². The Morgan fingerprint density at radius 3 is 2.38 bits per heavy atom. The predicted molar refractivity (Wildman–Crippen MR) is 43.2 cm³/mol. The maximum Gasteiger partial charge on any atom is 0.397 e. The van der Waals surface area contributed by atoms with Gasteiger partial charge in [-0.1, -0.05) is 19.8 Å². The zero-order valence-corrected chi connectivity index (χ0v) is 7.58. The molecule has 78 valence electrons. The fourth-order valence-corrected chi connectivity index (χ4v) is 0.847. The van der Waals surface area contributed by atoms with Crippen LogP contribution in [0.25, 0.3) is 0 Å². The van der Waals surface area contributed by atoms with Crippen molar-refractivity contribution >= 4 is 5.91 Å². The lowest BCUT2D eigenvalue weighted by Gasteiger charge is -2.06. The minimum atomic E-state index is -4.39. The Morgan fingerprint density at radius 2 is 1.92 bits per heavy atom. The number of rotatable bonds is 5. The van der Waals surface area contributed by atoms with Gasteiger partial charge in [0.1, 0.15) is 6.42 Å².